The van der Waals surface area contributed by atoms with Crippen LogP contribution in [0.1, 0.15) is 23.3 Å². The minimum absolute atomic E-state index is 0.127. The first-order chi connectivity index (χ1) is 14.0. The van der Waals surface area contributed by atoms with Gasteiger partial charge in [-0.05, 0) is 74.1 Å². The standard InChI is InChI=1S/C21H27N3O3S2/c1-22-29(26,27)20-7-4-17(5-8-20)6-9-21(25)23-15-18-10-12-24(13-11-18)16-19-3-2-14-28-19/h2-9,14,18,22H,10-13,15-16H2,1H3,(H,23,25)/b9-6+. The molecule has 3 rings (SSSR count). The van der Waals surface area contributed by atoms with Crippen molar-refractivity contribution < 1.29 is 13.2 Å². The molecule has 29 heavy (non-hydrogen) atoms. The molecule has 0 spiro atoms. The van der Waals surface area contributed by atoms with E-state index in [4.69, 9.17) is 0 Å². The number of sulfonamides is 1. The van der Waals surface area contributed by atoms with Crippen LogP contribution in [0.5, 0.6) is 0 Å². The molecule has 0 atom stereocenters. The average Bonchev–Trinajstić information content (AvgIpc) is 3.25. The molecule has 0 unspecified atom stereocenters. The molecule has 0 aliphatic carbocycles. The van der Waals surface area contributed by atoms with E-state index in [0.717, 1.165) is 38.0 Å². The Labute approximate surface area is 176 Å². The van der Waals surface area contributed by atoms with E-state index < -0.39 is 10.0 Å². The Morgan fingerprint density at radius 3 is 2.55 bits per heavy atom. The van der Waals surface area contributed by atoms with E-state index in [1.165, 1.54) is 30.1 Å². The predicted molar refractivity (Wildman–Crippen MR) is 117 cm³/mol. The number of carbonyl (C=O) groups excluding carboxylic acids is 1. The Balaban J connectivity index is 1.40. The summed E-state index contributed by atoms with van der Waals surface area (Å²) in [5, 5.41) is 5.09. The summed E-state index contributed by atoms with van der Waals surface area (Å²) in [6.45, 7) is 3.84. The van der Waals surface area contributed by atoms with Gasteiger partial charge in [-0.15, -0.1) is 11.3 Å². The van der Waals surface area contributed by atoms with Crippen molar-refractivity contribution in [2.45, 2.75) is 24.3 Å². The highest BCUT2D eigenvalue weighted by Gasteiger charge is 2.19. The van der Waals surface area contributed by atoms with Gasteiger partial charge in [-0.2, -0.15) is 0 Å². The molecule has 1 amide bonds. The molecule has 8 heteroatoms. The predicted octanol–water partition coefficient (Wildman–Crippen LogP) is 2.70. The van der Waals surface area contributed by atoms with Gasteiger partial charge in [0.1, 0.15) is 0 Å². The molecule has 0 bridgehead atoms. The summed E-state index contributed by atoms with van der Waals surface area (Å²) in [5.74, 6) is 0.385. The minimum atomic E-state index is -3.44. The molecule has 1 fully saturated rings. The third kappa shape index (κ3) is 6.50. The molecule has 1 aromatic heterocycles. The van der Waals surface area contributed by atoms with Crippen LogP contribution in [0.2, 0.25) is 0 Å². The second kappa shape index (κ2) is 10.2. The van der Waals surface area contributed by atoms with Gasteiger partial charge in [0.15, 0.2) is 0 Å². The Hall–Kier alpha value is -2.00. The number of thiophene rings is 1. The molecule has 0 radical (unpaired) electrons. The summed E-state index contributed by atoms with van der Waals surface area (Å²) in [6.07, 6.45) is 5.37. The van der Waals surface area contributed by atoms with Crippen molar-refractivity contribution in [2.75, 3.05) is 26.7 Å². The monoisotopic (exact) mass is 433 g/mol. The zero-order valence-corrected chi connectivity index (χ0v) is 18.1. The van der Waals surface area contributed by atoms with Gasteiger partial charge < -0.3 is 5.32 Å². The number of hydrogen-bond acceptors (Lipinski definition) is 5. The molecular formula is C21H27N3O3S2. The summed E-state index contributed by atoms with van der Waals surface area (Å²) >= 11 is 1.80. The van der Waals surface area contributed by atoms with Crippen molar-refractivity contribution in [3.05, 3.63) is 58.3 Å². The van der Waals surface area contributed by atoms with Crippen molar-refractivity contribution in [2.24, 2.45) is 5.92 Å². The van der Waals surface area contributed by atoms with Crippen LogP contribution in [0.3, 0.4) is 0 Å². The van der Waals surface area contributed by atoms with Gasteiger partial charge in [-0.3, -0.25) is 9.69 Å². The lowest BCUT2D eigenvalue weighted by Crippen LogP contribution is -2.37. The Morgan fingerprint density at radius 2 is 1.93 bits per heavy atom. The van der Waals surface area contributed by atoms with Gasteiger partial charge in [0.2, 0.25) is 15.9 Å². The van der Waals surface area contributed by atoms with E-state index in [0.29, 0.717) is 12.5 Å². The zero-order valence-electron chi connectivity index (χ0n) is 16.5. The van der Waals surface area contributed by atoms with Crippen LogP contribution < -0.4 is 10.0 Å². The molecule has 2 heterocycles. The number of amides is 1. The molecule has 1 aliphatic heterocycles. The first-order valence-corrected chi connectivity index (χ1v) is 12.1. The molecule has 2 N–H and O–H groups in total. The van der Waals surface area contributed by atoms with E-state index in [2.05, 4.69) is 32.5 Å². The van der Waals surface area contributed by atoms with Crippen LogP contribution in [-0.2, 0) is 21.4 Å². The highest BCUT2D eigenvalue weighted by atomic mass is 32.2. The lowest BCUT2D eigenvalue weighted by atomic mass is 9.97. The van der Waals surface area contributed by atoms with Gasteiger partial charge in [0.05, 0.1) is 4.90 Å². The molecular weight excluding hydrogens is 406 g/mol. The highest BCUT2D eigenvalue weighted by Crippen LogP contribution is 2.20. The minimum Gasteiger partial charge on any atom is -0.352 e. The maximum Gasteiger partial charge on any atom is 0.244 e. The highest BCUT2D eigenvalue weighted by molar-refractivity contribution is 7.89. The fourth-order valence-electron chi connectivity index (χ4n) is 3.32. The zero-order chi connectivity index (χ0) is 20.7. The van der Waals surface area contributed by atoms with Crippen molar-refractivity contribution in [1.29, 1.82) is 0 Å². The normalized spacial score (nSPS) is 16.3. The van der Waals surface area contributed by atoms with Gasteiger partial charge in [0.25, 0.3) is 0 Å². The number of nitrogens with zero attached hydrogens (tertiary/aromatic N) is 1. The molecule has 1 aromatic carbocycles. The van der Waals surface area contributed by atoms with Gasteiger partial charge in [0, 0.05) is 24.0 Å². The van der Waals surface area contributed by atoms with Crippen molar-refractivity contribution in [3.63, 3.8) is 0 Å². The molecule has 1 saturated heterocycles. The molecule has 2 aromatic rings. The van der Waals surface area contributed by atoms with Crippen molar-refractivity contribution in [3.8, 4) is 0 Å². The maximum atomic E-state index is 12.1. The van der Waals surface area contributed by atoms with Crippen LogP contribution in [0, 0.1) is 5.92 Å². The number of benzene rings is 1. The summed E-state index contributed by atoms with van der Waals surface area (Å²) in [7, 11) is -2.07. The smallest absolute Gasteiger partial charge is 0.244 e. The number of likely N-dealkylation sites (tertiary alicyclic amines) is 1. The van der Waals surface area contributed by atoms with Crippen LogP contribution in [0.15, 0.2) is 52.7 Å². The quantitative estimate of drug-likeness (QED) is 0.628. The largest absolute Gasteiger partial charge is 0.352 e. The van der Waals surface area contributed by atoms with E-state index in [-0.39, 0.29) is 10.8 Å². The summed E-state index contributed by atoms with van der Waals surface area (Å²) in [4.78, 5) is 16.2. The number of carbonyl (C=O) groups is 1. The van der Waals surface area contributed by atoms with E-state index in [1.54, 1.807) is 29.5 Å². The molecule has 1 aliphatic rings. The first kappa shape index (κ1) is 21.7. The van der Waals surface area contributed by atoms with Crippen LogP contribution >= 0.6 is 11.3 Å². The first-order valence-electron chi connectivity index (χ1n) is 9.70. The van der Waals surface area contributed by atoms with Crippen LogP contribution in [0.4, 0.5) is 0 Å². The van der Waals surface area contributed by atoms with E-state index in [9.17, 15) is 13.2 Å². The Bertz CT molecular complexity index is 915. The number of rotatable bonds is 8. The van der Waals surface area contributed by atoms with Crippen molar-refractivity contribution in [1.82, 2.24) is 14.9 Å². The second-order valence-corrected chi connectivity index (χ2v) is 10.1. The fraction of sp³-hybridized carbons (Fsp3) is 0.381. The number of nitrogens with one attached hydrogen (secondary N) is 2. The van der Waals surface area contributed by atoms with Gasteiger partial charge in [-0.25, -0.2) is 13.1 Å². The summed E-state index contributed by atoms with van der Waals surface area (Å²) < 4.78 is 25.7. The van der Waals surface area contributed by atoms with Gasteiger partial charge in [-0.1, -0.05) is 18.2 Å². The molecule has 6 nitrogen and oxygen atoms in total. The number of piperidine rings is 1. The van der Waals surface area contributed by atoms with E-state index >= 15 is 0 Å². The SMILES string of the molecule is CNS(=O)(=O)c1ccc(/C=C/C(=O)NCC2CCN(Cc3cccs3)CC2)cc1. The average molecular weight is 434 g/mol. The summed E-state index contributed by atoms with van der Waals surface area (Å²) in [5.41, 5.74) is 0.775. The second-order valence-electron chi connectivity index (χ2n) is 7.15. The Morgan fingerprint density at radius 1 is 1.21 bits per heavy atom. The lowest BCUT2D eigenvalue weighted by Gasteiger charge is -2.31. The van der Waals surface area contributed by atoms with Crippen LogP contribution in [0.25, 0.3) is 6.08 Å². The van der Waals surface area contributed by atoms with Crippen molar-refractivity contribution >= 4 is 33.3 Å². The summed E-state index contributed by atoms with van der Waals surface area (Å²) in [6, 6.07) is 10.7. The third-order valence-corrected chi connectivity index (χ3v) is 7.41. The molecule has 156 valence electrons. The third-order valence-electron chi connectivity index (χ3n) is 5.12. The van der Waals surface area contributed by atoms with Gasteiger partial charge >= 0.3 is 0 Å². The lowest BCUT2D eigenvalue weighted by molar-refractivity contribution is -0.116. The maximum absolute atomic E-state index is 12.1. The van der Waals surface area contributed by atoms with Crippen LogP contribution in [-0.4, -0.2) is 45.9 Å². The van der Waals surface area contributed by atoms with E-state index in [1.807, 2.05) is 0 Å². The number of hydrogen-bond donors (Lipinski definition) is 2. The topological polar surface area (TPSA) is 78.5 Å². The Kier molecular flexibility index (Phi) is 7.60. The fourth-order valence-corrected chi connectivity index (χ4v) is 4.80. The molecule has 0 saturated carbocycles.